The van der Waals surface area contributed by atoms with Crippen LogP contribution in [0.1, 0.15) is 49.3 Å². The van der Waals surface area contributed by atoms with Crippen molar-refractivity contribution in [2.45, 2.75) is 47.7 Å². The van der Waals surface area contributed by atoms with Gasteiger partial charge in [-0.05, 0) is 63.1 Å². The van der Waals surface area contributed by atoms with E-state index in [1.807, 2.05) is 0 Å². The molecule has 8 N–H and O–H groups in total. The minimum atomic E-state index is -5.01. The maximum Gasteiger partial charge on any atom is 0.271 e. The van der Waals surface area contributed by atoms with Gasteiger partial charge in [-0.3, -0.25) is 20.8 Å². The molecule has 0 radical (unpaired) electrons. The summed E-state index contributed by atoms with van der Waals surface area (Å²) >= 11 is 0. The van der Waals surface area contributed by atoms with E-state index in [4.69, 9.17) is 11.7 Å². The van der Waals surface area contributed by atoms with Gasteiger partial charge in [-0.15, -0.1) is 0 Å². The van der Waals surface area contributed by atoms with E-state index in [0.717, 1.165) is 27.7 Å². The maximum absolute atomic E-state index is 14.3. The van der Waals surface area contributed by atoms with Crippen molar-refractivity contribution in [2.75, 3.05) is 10.9 Å². The third kappa shape index (κ3) is 5.45. The van der Waals surface area contributed by atoms with Gasteiger partial charge in [0.05, 0.1) is 0 Å². The van der Waals surface area contributed by atoms with Crippen molar-refractivity contribution in [1.29, 1.82) is 0 Å². The van der Waals surface area contributed by atoms with E-state index in [9.17, 15) is 34.4 Å². The number of rotatable bonds is 10. The van der Waals surface area contributed by atoms with Gasteiger partial charge in [-0.1, -0.05) is 24.3 Å². The number of hydrogen-bond donors (Lipinski definition) is 6. The van der Waals surface area contributed by atoms with Crippen molar-refractivity contribution >= 4 is 41.4 Å². The minimum Gasteiger partial charge on any atom is -0.324 e. The third-order valence-corrected chi connectivity index (χ3v) is 12.5. The highest BCUT2D eigenvalue weighted by atomic mass is 32.2. The number of sulfone groups is 1. The lowest BCUT2D eigenvalue weighted by Gasteiger charge is -2.39. The Hall–Kier alpha value is -2.27. The van der Waals surface area contributed by atoms with E-state index in [1.54, 1.807) is 0 Å². The fraction of sp³-hybridized carbons (Fsp3) is 0.400. The summed E-state index contributed by atoms with van der Waals surface area (Å²) in [6.07, 6.45) is 0. The summed E-state index contributed by atoms with van der Waals surface area (Å²) in [6, 6.07) is 10.7. The molecule has 15 heteroatoms. The molecule has 0 amide bonds. The molecule has 0 saturated heterocycles. The molecule has 2 aromatic rings. The van der Waals surface area contributed by atoms with Crippen LogP contribution in [-0.4, -0.2) is 43.9 Å². The average molecular weight is 551 g/mol. The van der Waals surface area contributed by atoms with E-state index < -0.39 is 50.1 Å². The first-order chi connectivity index (χ1) is 15.8. The van der Waals surface area contributed by atoms with Crippen molar-refractivity contribution in [3.8, 4) is 0 Å². The highest BCUT2D eigenvalue weighted by Gasteiger charge is 2.57. The normalized spacial score (nSPS) is 15.3. The van der Waals surface area contributed by atoms with E-state index >= 15 is 0 Å². The number of nitrogen functional groups attached to an aromatic ring is 2. The molecule has 0 aliphatic rings. The molecule has 2 aromatic carbocycles. The van der Waals surface area contributed by atoms with Crippen LogP contribution in [0.15, 0.2) is 48.5 Å². The summed E-state index contributed by atoms with van der Waals surface area (Å²) in [6.45, 7) is 4.05. The zero-order valence-electron chi connectivity index (χ0n) is 19.5. The fourth-order valence-corrected chi connectivity index (χ4v) is 9.16. The predicted molar refractivity (Wildman–Crippen MR) is 134 cm³/mol. The molecule has 0 heterocycles. The lowest BCUT2D eigenvalue weighted by molar-refractivity contribution is 0.419. The first-order valence-corrected chi connectivity index (χ1v) is 14.6. The van der Waals surface area contributed by atoms with Crippen LogP contribution in [0.3, 0.4) is 0 Å². The Morgan fingerprint density at radius 2 is 0.886 bits per heavy atom. The van der Waals surface area contributed by atoms with Gasteiger partial charge >= 0.3 is 0 Å². The van der Waals surface area contributed by atoms with Crippen LogP contribution in [0, 0.1) is 0 Å². The Kier molecular flexibility index (Phi) is 7.98. The number of hydrogen-bond acceptors (Lipinski definition) is 10. The van der Waals surface area contributed by atoms with Crippen LogP contribution in [0.2, 0.25) is 0 Å². The number of nitrogens with one attached hydrogen (secondary N) is 2. The molecule has 2 atom stereocenters. The number of hydrazine groups is 2. The summed E-state index contributed by atoms with van der Waals surface area (Å²) in [5.41, 5.74) is 5.38. The Labute approximate surface area is 205 Å². The van der Waals surface area contributed by atoms with Gasteiger partial charge in [0.15, 0.2) is 9.84 Å². The first-order valence-electron chi connectivity index (χ1n) is 10.1. The minimum absolute atomic E-state index is 0.0528. The van der Waals surface area contributed by atoms with Crippen molar-refractivity contribution in [3.63, 3.8) is 0 Å². The zero-order chi connectivity index (χ0) is 27.0. The molecule has 35 heavy (non-hydrogen) atoms. The molecule has 2 unspecified atom stereocenters. The summed E-state index contributed by atoms with van der Waals surface area (Å²) in [4.78, 5) is 0. The summed E-state index contributed by atoms with van der Waals surface area (Å²) in [7, 11) is -14.9. The average Bonchev–Trinajstić information content (AvgIpc) is 2.72. The van der Waals surface area contributed by atoms with Gasteiger partial charge in [-0.25, -0.2) is 8.42 Å². The van der Waals surface area contributed by atoms with Gasteiger partial charge in [0.25, 0.3) is 20.2 Å². The van der Waals surface area contributed by atoms with Gasteiger partial charge in [-0.2, -0.15) is 16.8 Å². The highest BCUT2D eigenvalue weighted by molar-refractivity contribution is 7.95. The van der Waals surface area contributed by atoms with Crippen LogP contribution in [0.25, 0.3) is 0 Å². The Morgan fingerprint density at radius 1 is 0.629 bits per heavy atom. The molecule has 0 saturated carbocycles. The van der Waals surface area contributed by atoms with E-state index in [2.05, 4.69) is 10.9 Å². The SMILES string of the molecule is CC(C)(C(c1ccc(NN)cc1)S(=O)(=O)C(c1ccc(NN)cc1)C(C)(C)S(=O)(=O)O)S(=O)(=O)O. The Morgan fingerprint density at radius 3 is 1.09 bits per heavy atom. The Bertz CT molecular complexity index is 1270. The molecule has 0 spiro atoms. The van der Waals surface area contributed by atoms with Crippen LogP contribution in [0.5, 0.6) is 0 Å². The molecular formula is C20H30N4O8S3. The predicted octanol–water partition coefficient (Wildman–Crippen LogP) is 1.79. The molecule has 12 nitrogen and oxygen atoms in total. The smallest absolute Gasteiger partial charge is 0.271 e. The first kappa shape index (κ1) is 29.0. The fourth-order valence-electron chi connectivity index (χ4n) is 3.89. The summed E-state index contributed by atoms with van der Waals surface area (Å²) in [5, 5.41) is -3.93. The highest BCUT2D eigenvalue weighted by Crippen LogP contribution is 2.49. The molecule has 0 aromatic heterocycles. The quantitative estimate of drug-likeness (QED) is 0.142. The molecule has 0 aliphatic carbocycles. The maximum atomic E-state index is 14.3. The Balaban J connectivity index is 2.97. The molecule has 196 valence electrons. The standard InChI is InChI=1S/C20H30N4O8S3/c1-19(2,34(27,28)29)17(13-5-9-15(23-21)10-6-13)33(25,26)18(20(3,4)35(30,31)32)14-7-11-16(24-22)12-8-14/h5-12,17-18,23-24H,21-22H2,1-4H3,(H,27,28,29)(H,30,31,32). The van der Waals surface area contributed by atoms with E-state index in [0.29, 0.717) is 11.4 Å². The number of benzene rings is 2. The van der Waals surface area contributed by atoms with Crippen LogP contribution in [0.4, 0.5) is 11.4 Å². The van der Waals surface area contributed by atoms with Gasteiger partial charge in [0, 0.05) is 11.4 Å². The van der Waals surface area contributed by atoms with Gasteiger partial charge in [0.2, 0.25) is 0 Å². The topological polar surface area (TPSA) is 219 Å². The lowest BCUT2D eigenvalue weighted by Crippen LogP contribution is -2.49. The van der Waals surface area contributed by atoms with Crippen LogP contribution in [-0.2, 0) is 30.1 Å². The van der Waals surface area contributed by atoms with Gasteiger partial charge in [0.1, 0.15) is 20.0 Å². The van der Waals surface area contributed by atoms with E-state index in [-0.39, 0.29) is 11.1 Å². The summed E-state index contributed by atoms with van der Waals surface area (Å²) in [5.74, 6) is 10.7. The zero-order valence-corrected chi connectivity index (χ0v) is 21.9. The molecule has 0 aliphatic heterocycles. The van der Waals surface area contributed by atoms with Crippen molar-refractivity contribution in [2.24, 2.45) is 11.7 Å². The second-order valence-corrected chi connectivity index (χ2v) is 15.2. The third-order valence-electron chi connectivity index (χ3n) is 6.01. The number of nitrogens with two attached hydrogens (primary N) is 2. The van der Waals surface area contributed by atoms with Gasteiger partial charge < -0.3 is 10.9 Å². The second kappa shape index (κ2) is 9.65. The van der Waals surface area contributed by atoms with E-state index in [1.165, 1.54) is 48.5 Å². The largest absolute Gasteiger partial charge is 0.324 e. The second-order valence-electron chi connectivity index (χ2n) is 9.04. The molecule has 0 fully saturated rings. The van der Waals surface area contributed by atoms with Crippen LogP contribution >= 0.6 is 0 Å². The van der Waals surface area contributed by atoms with Crippen molar-refractivity contribution < 1.29 is 34.4 Å². The van der Waals surface area contributed by atoms with Crippen molar-refractivity contribution in [1.82, 2.24) is 0 Å². The molecular weight excluding hydrogens is 520 g/mol. The lowest BCUT2D eigenvalue weighted by atomic mass is 10.00. The molecule has 2 rings (SSSR count). The van der Waals surface area contributed by atoms with Crippen LogP contribution < -0.4 is 22.5 Å². The number of anilines is 2. The summed E-state index contributed by atoms with van der Waals surface area (Å²) < 4.78 is 93.5. The van der Waals surface area contributed by atoms with Crippen molar-refractivity contribution in [3.05, 3.63) is 59.7 Å². The molecule has 0 bridgehead atoms. The monoisotopic (exact) mass is 550 g/mol.